The Kier molecular flexibility index (Phi) is 6.33. The Labute approximate surface area is 156 Å². The van der Waals surface area contributed by atoms with Crippen LogP contribution < -0.4 is 5.32 Å². The Balaban J connectivity index is 1.61. The fourth-order valence-electron chi connectivity index (χ4n) is 4.37. The summed E-state index contributed by atoms with van der Waals surface area (Å²) in [5.74, 6) is 0.0812. The molecule has 0 aromatic heterocycles. The number of nitrogens with one attached hydrogen (secondary N) is 1. The van der Waals surface area contributed by atoms with E-state index in [1.165, 1.54) is 23.1 Å². The maximum absolute atomic E-state index is 12.8. The van der Waals surface area contributed by atoms with Crippen molar-refractivity contribution in [3.63, 3.8) is 0 Å². The van der Waals surface area contributed by atoms with E-state index < -0.39 is 5.60 Å². The number of carbonyl (C=O) groups excluding carboxylic acids is 1. The molecule has 0 spiro atoms. The third-order valence-corrected chi connectivity index (χ3v) is 5.82. The van der Waals surface area contributed by atoms with E-state index in [2.05, 4.69) is 30.4 Å². The first kappa shape index (κ1) is 19.3. The Hall–Kier alpha value is -1.43. The van der Waals surface area contributed by atoms with Crippen LogP contribution in [0.5, 0.6) is 0 Å². The fourth-order valence-corrected chi connectivity index (χ4v) is 4.37. The first-order valence-corrected chi connectivity index (χ1v) is 9.83. The van der Waals surface area contributed by atoms with E-state index >= 15 is 0 Å². The van der Waals surface area contributed by atoms with Gasteiger partial charge in [-0.25, -0.2) is 0 Å². The minimum absolute atomic E-state index is 0.0311. The summed E-state index contributed by atoms with van der Waals surface area (Å²) in [6.07, 6.45) is 5.89. The summed E-state index contributed by atoms with van der Waals surface area (Å²) < 4.78 is 5.41. The molecule has 1 unspecified atom stereocenters. The lowest BCUT2D eigenvalue weighted by molar-refractivity contribution is -0.134. The lowest BCUT2D eigenvalue weighted by Crippen LogP contribution is -2.48. The Morgan fingerprint density at radius 2 is 2.12 bits per heavy atom. The molecule has 1 aromatic rings. The number of amides is 1. The van der Waals surface area contributed by atoms with Crippen LogP contribution in [-0.2, 0) is 16.0 Å². The molecular weight excluding hydrogens is 328 g/mol. The van der Waals surface area contributed by atoms with Gasteiger partial charge in [-0.05, 0) is 37.3 Å². The second-order valence-electron chi connectivity index (χ2n) is 7.90. The number of fused-ring (bicyclic) bond motifs is 1. The van der Waals surface area contributed by atoms with Gasteiger partial charge in [-0.3, -0.25) is 4.79 Å². The van der Waals surface area contributed by atoms with Crippen LogP contribution in [0, 0.1) is 6.92 Å². The predicted octanol–water partition coefficient (Wildman–Crippen LogP) is 2.35. The number of hydrogen-bond acceptors (Lipinski definition) is 4. The second kappa shape index (κ2) is 8.51. The van der Waals surface area contributed by atoms with Crippen LogP contribution in [0.1, 0.15) is 54.8 Å². The van der Waals surface area contributed by atoms with Crippen molar-refractivity contribution < 1.29 is 14.6 Å². The molecule has 0 radical (unpaired) electrons. The van der Waals surface area contributed by atoms with Gasteiger partial charge in [0, 0.05) is 20.2 Å². The average molecular weight is 360 g/mol. The standard InChI is InChI=1S/C21H32N2O3/c1-16-6-7-18-17(12-16)8-11-23(19(18)14-26-2)20(24)13-22-15-21(25)9-4-3-5-10-21/h6-7,12,19,22,25H,3-5,8-11,13-15H2,1-2H3. The number of hydrogen-bond donors (Lipinski definition) is 2. The zero-order chi connectivity index (χ0) is 18.6. The number of nitrogens with zero attached hydrogens (tertiary/aromatic N) is 1. The molecule has 1 saturated carbocycles. The fraction of sp³-hybridized carbons (Fsp3) is 0.667. The molecule has 26 heavy (non-hydrogen) atoms. The average Bonchev–Trinajstić information content (AvgIpc) is 2.62. The van der Waals surface area contributed by atoms with Crippen LogP contribution >= 0.6 is 0 Å². The lowest BCUT2D eigenvalue weighted by atomic mass is 9.85. The molecule has 0 saturated heterocycles. The highest BCUT2D eigenvalue weighted by Crippen LogP contribution is 2.31. The van der Waals surface area contributed by atoms with Gasteiger partial charge in [0.15, 0.2) is 0 Å². The highest BCUT2D eigenvalue weighted by atomic mass is 16.5. The number of aryl methyl sites for hydroxylation is 1. The van der Waals surface area contributed by atoms with E-state index in [-0.39, 0.29) is 18.5 Å². The summed E-state index contributed by atoms with van der Waals surface area (Å²) in [6, 6.07) is 6.42. The SMILES string of the molecule is COCC1c2ccc(C)cc2CCN1C(=O)CNCC1(O)CCCCC1. The largest absolute Gasteiger partial charge is 0.389 e. The topological polar surface area (TPSA) is 61.8 Å². The normalized spacial score (nSPS) is 22.1. The van der Waals surface area contributed by atoms with Gasteiger partial charge in [0.05, 0.1) is 24.8 Å². The molecule has 1 fully saturated rings. The van der Waals surface area contributed by atoms with Gasteiger partial charge in [-0.2, -0.15) is 0 Å². The van der Waals surface area contributed by atoms with Crippen molar-refractivity contribution in [3.8, 4) is 0 Å². The molecule has 1 heterocycles. The molecule has 3 rings (SSSR count). The molecule has 1 aromatic carbocycles. The van der Waals surface area contributed by atoms with Crippen molar-refractivity contribution in [1.82, 2.24) is 10.2 Å². The van der Waals surface area contributed by atoms with E-state index in [0.29, 0.717) is 13.2 Å². The molecule has 1 aliphatic heterocycles. The van der Waals surface area contributed by atoms with Gasteiger partial charge in [-0.15, -0.1) is 0 Å². The van der Waals surface area contributed by atoms with Crippen LogP contribution in [0.15, 0.2) is 18.2 Å². The summed E-state index contributed by atoms with van der Waals surface area (Å²) in [5.41, 5.74) is 3.13. The van der Waals surface area contributed by atoms with Crippen LogP contribution in [0.3, 0.4) is 0 Å². The molecular formula is C21H32N2O3. The molecule has 144 valence electrons. The van der Waals surface area contributed by atoms with Gasteiger partial charge in [-0.1, -0.05) is 43.0 Å². The second-order valence-corrected chi connectivity index (χ2v) is 7.90. The first-order valence-electron chi connectivity index (χ1n) is 9.83. The predicted molar refractivity (Wildman–Crippen MR) is 102 cm³/mol. The lowest BCUT2D eigenvalue weighted by Gasteiger charge is -2.38. The van der Waals surface area contributed by atoms with Crippen LogP contribution in [0.4, 0.5) is 0 Å². The molecule has 1 amide bonds. The van der Waals surface area contributed by atoms with E-state index in [9.17, 15) is 9.90 Å². The van der Waals surface area contributed by atoms with Crippen LogP contribution in [-0.4, -0.2) is 54.9 Å². The van der Waals surface area contributed by atoms with Gasteiger partial charge in [0.1, 0.15) is 0 Å². The van der Waals surface area contributed by atoms with Crippen molar-refractivity contribution in [2.45, 2.75) is 57.1 Å². The summed E-state index contributed by atoms with van der Waals surface area (Å²) >= 11 is 0. The smallest absolute Gasteiger partial charge is 0.237 e. The minimum Gasteiger partial charge on any atom is -0.389 e. The van der Waals surface area contributed by atoms with Crippen molar-refractivity contribution in [1.29, 1.82) is 0 Å². The minimum atomic E-state index is -0.642. The van der Waals surface area contributed by atoms with Crippen molar-refractivity contribution in [2.24, 2.45) is 0 Å². The molecule has 2 N–H and O–H groups in total. The number of ether oxygens (including phenoxy) is 1. The van der Waals surface area contributed by atoms with Gasteiger partial charge in [0.2, 0.25) is 5.91 Å². The molecule has 2 aliphatic rings. The van der Waals surface area contributed by atoms with E-state index in [1.807, 2.05) is 4.90 Å². The zero-order valence-corrected chi connectivity index (χ0v) is 16.1. The van der Waals surface area contributed by atoms with Crippen LogP contribution in [0.2, 0.25) is 0 Å². The Morgan fingerprint density at radius 3 is 2.85 bits per heavy atom. The quantitative estimate of drug-likeness (QED) is 0.817. The number of carbonyl (C=O) groups is 1. The van der Waals surface area contributed by atoms with E-state index in [0.717, 1.165) is 38.6 Å². The number of aliphatic hydroxyl groups is 1. The number of benzene rings is 1. The number of methoxy groups -OCH3 is 1. The highest BCUT2D eigenvalue weighted by molar-refractivity contribution is 5.79. The van der Waals surface area contributed by atoms with Crippen LogP contribution in [0.25, 0.3) is 0 Å². The van der Waals surface area contributed by atoms with E-state index in [4.69, 9.17) is 4.74 Å². The van der Waals surface area contributed by atoms with Gasteiger partial charge >= 0.3 is 0 Å². The van der Waals surface area contributed by atoms with Gasteiger partial charge < -0.3 is 20.1 Å². The van der Waals surface area contributed by atoms with Crippen molar-refractivity contribution in [2.75, 3.05) is 33.4 Å². The molecule has 5 nitrogen and oxygen atoms in total. The maximum Gasteiger partial charge on any atom is 0.237 e. The van der Waals surface area contributed by atoms with E-state index in [1.54, 1.807) is 7.11 Å². The maximum atomic E-state index is 12.8. The highest BCUT2D eigenvalue weighted by Gasteiger charge is 2.32. The monoisotopic (exact) mass is 360 g/mol. The molecule has 1 aliphatic carbocycles. The summed E-state index contributed by atoms with van der Waals surface area (Å²) in [6.45, 7) is 4.09. The van der Waals surface area contributed by atoms with Crippen molar-refractivity contribution in [3.05, 3.63) is 34.9 Å². The molecule has 1 atom stereocenters. The Bertz CT molecular complexity index is 626. The zero-order valence-electron chi connectivity index (χ0n) is 16.1. The third-order valence-electron chi connectivity index (χ3n) is 5.82. The number of rotatable bonds is 6. The summed E-state index contributed by atoms with van der Waals surface area (Å²) in [7, 11) is 1.68. The summed E-state index contributed by atoms with van der Waals surface area (Å²) in [4.78, 5) is 14.8. The van der Waals surface area contributed by atoms with Gasteiger partial charge in [0.25, 0.3) is 0 Å². The van der Waals surface area contributed by atoms with Crippen molar-refractivity contribution >= 4 is 5.91 Å². The molecule has 5 heteroatoms. The molecule has 0 bridgehead atoms. The third kappa shape index (κ3) is 4.45. The summed E-state index contributed by atoms with van der Waals surface area (Å²) in [5, 5.41) is 13.8. The Morgan fingerprint density at radius 1 is 1.35 bits per heavy atom. The first-order chi connectivity index (χ1) is 12.5.